The highest BCUT2D eigenvalue weighted by Gasteiger charge is 2.49. The highest BCUT2D eigenvalue weighted by atomic mass is 16.6. The maximum absolute atomic E-state index is 5.73. The van der Waals surface area contributed by atoms with Crippen molar-refractivity contribution >= 4 is 0 Å². The van der Waals surface area contributed by atoms with Crippen LogP contribution in [-0.4, -0.2) is 37.1 Å². The van der Waals surface area contributed by atoms with Gasteiger partial charge in [-0.1, -0.05) is 39.0 Å². The predicted octanol–water partition coefficient (Wildman–Crippen LogP) is 3.06. The second kappa shape index (κ2) is 5.89. The van der Waals surface area contributed by atoms with E-state index in [9.17, 15) is 0 Å². The lowest BCUT2D eigenvalue weighted by Gasteiger charge is -1.97. The molecule has 3 nitrogen and oxygen atoms in total. The smallest absolute Gasteiger partial charge is 0.0868 e. The van der Waals surface area contributed by atoms with Crippen molar-refractivity contribution in [3.05, 3.63) is 0 Å². The van der Waals surface area contributed by atoms with Crippen LogP contribution in [0.2, 0.25) is 0 Å². The zero-order valence-electron chi connectivity index (χ0n) is 11.5. The molecule has 3 heteroatoms. The van der Waals surface area contributed by atoms with Crippen LogP contribution in [0.25, 0.3) is 0 Å². The van der Waals surface area contributed by atoms with E-state index in [2.05, 4.69) is 6.92 Å². The molecule has 5 atom stereocenters. The van der Waals surface area contributed by atoms with Crippen LogP contribution in [0.1, 0.15) is 58.3 Å². The molecule has 3 aliphatic rings. The molecule has 0 aromatic rings. The summed E-state index contributed by atoms with van der Waals surface area (Å²) >= 11 is 0. The Labute approximate surface area is 110 Å². The molecule has 3 saturated heterocycles. The van der Waals surface area contributed by atoms with E-state index in [4.69, 9.17) is 14.2 Å². The molecule has 0 radical (unpaired) electrons. The Hall–Kier alpha value is -0.120. The molecule has 3 rings (SSSR count). The van der Waals surface area contributed by atoms with Gasteiger partial charge in [-0.15, -0.1) is 0 Å². The molecule has 0 amide bonds. The first-order chi connectivity index (χ1) is 8.86. The molecule has 3 heterocycles. The predicted molar refractivity (Wildman–Crippen MR) is 69.7 cm³/mol. The lowest BCUT2D eigenvalue weighted by molar-refractivity contribution is 0.311. The summed E-state index contributed by atoms with van der Waals surface area (Å²) in [5.74, 6) is 0. The summed E-state index contributed by atoms with van der Waals surface area (Å²) in [5, 5.41) is 0. The number of hydrogen-bond donors (Lipinski definition) is 0. The second-order valence-electron chi connectivity index (χ2n) is 6.06. The van der Waals surface area contributed by atoms with Crippen molar-refractivity contribution in [3.8, 4) is 0 Å². The van der Waals surface area contributed by atoms with Crippen LogP contribution in [0.3, 0.4) is 0 Å². The van der Waals surface area contributed by atoms with Crippen LogP contribution in [-0.2, 0) is 14.2 Å². The molecule has 0 N–H and O–H groups in total. The Bertz CT molecular complexity index is 264. The number of ether oxygens (including phenoxy) is 3. The van der Waals surface area contributed by atoms with E-state index >= 15 is 0 Å². The van der Waals surface area contributed by atoms with Crippen LogP contribution < -0.4 is 0 Å². The minimum absolute atomic E-state index is 0.476. The fourth-order valence-corrected chi connectivity index (χ4v) is 2.88. The molecular formula is C15H26O3. The minimum Gasteiger partial charge on any atom is -0.373 e. The largest absolute Gasteiger partial charge is 0.373 e. The van der Waals surface area contributed by atoms with Crippen molar-refractivity contribution in [2.75, 3.05) is 6.61 Å². The highest BCUT2D eigenvalue weighted by molar-refractivity contribution is 4.96. The van der Waals surface area contributed by atoms with Gasteiger partial charge in [0.25, 0.3) is 0 Å². The Morgan fingerprint density at radius 3 is 2.28 bits per heavy atom. The van der Waals surface area contributed by atoms with Gasteiger partial charge >= 0.3 is 0 Å². The maximum Gasteiger partial charge on any atom is 0.0868 e. The van der Waals surface area contributed by atoms with Gasteiger partial charge in [0, 0.05) is 12.8 Å². The molecular weight excluding hydrogens is 228 g/mol. The zero-order chi connectivity index (χ0) is 12.4. The van der Waals surface area contributed by atoms with Gasteiger partial charge < -0.3 is 14.2 Å². The number of rotatable bonds is 10. The highest BCUT2D eigenvalue weighted by Crippen LogP contribution is 2.40. The fourth-order valence-electron chi connectivity index (χ4n) is 2.88. The van der Waals surface area contributed by atoms with Crippen molar-refractivity contribution in [1.29, 1.82) is 0 Å². The van der Waals surface area contributed by atoms with E-state index in [1.54, 1.807) is 0 Å². The lowest BCUT2D eigenvalue weighted by atomic mass is 10.0. The molecule has 3 aliphatic heterocycles. The Balaban J connectivity index is 1.18. The monoisotopic (exact) mass is 254 g/mol. The van der Waals surface area contributed by atoms with Gasteiger partial charge in [-0.2, -0.15) is 0 Å². The number of unbranched alkanes of at least 4 members (excludes halogenated alkanes) is 4. The second-order valence-corrected chi connectivity index (χ2v) is 6.06. The molecule has 0 aromatic heterocycles. The zero-order valence-corrected chi connectivity index (χ0v) is 11.5. The molecule has 0 aliphatic carbocycles. The lowest BCUT2D eigenvalue weighted by Crippen LogP contribution is -2.03. The first-order valence-electron chi connectivity index (χ1n) is 7.79. The van der Waals surface area contributed by atoms with Gasteiger partial charge in [-0.3, -0.25) is 0 Å². The Morgan fingerprint density at radius 1 is 0.833 bits per heavy atom. The summed E-state index contributed by atoms with van der Waals surface area (Å²) in [5.41, 5.74) is 0. The standard InChI is InChI=1S/C15H26O3/c1-2-3-4-5-6-7-12-14(17-12)9-15-13(18-15)8-11-10-16-11/h11-15H,2-10H2,1H3. The number of hydrogen-bond acceptors (Lipinski definition) is 3. The van der Waals surface area contributed by atoms with Gasteiger partial charge in [0.05, 0.1) is 37.1 Å². The van der Waals surface area contributed by atoms with Crippen molar-refractivity contribution in [2.24, 2.45) is 0 Å². The van der Waals surface area contributed by atoms with E-state index in [1.807, 2.05) is 0 Å². The molecule has 0 bridgehead atoms. The van der Waals surface area contributed by atoms with E-state index in [-0.39, 0.29) is 0 Å². The maximum atomic E-state index is 5.73. The average molecular weight is 254 g/mol. The summed E-state index contributed by atoms with van der Waals surface area (Å²) < 4.78 is 16.6. The SMILES string of the molecule is CCCCCCCC1OC1CC1OC1CC1CO1. The van der Waals surface area contributed by atoms with Crippen LogP contribution in [0.4, 0.5) is 0 Å². The first-order valence-corrected chi connectivity index (χ1v) is 7.79. The van der Waals surface area contributed by atoms with Gasteiger partial charge in [-0.25, -0.2) is 0 Å². The summed E-state index contributed by atoms with van der Waals surface area (Å²) in [4.78, 5) is 0. The topological polar surface area (TPSA) is 37.6 Å². The average Bonchev–Trinajstić information content (AvgIpc) is 3.20. The third-order valence-corrected chi connectivity index (χ3v) is 4.33. The third-order valence-electron chi connectivity index (χ3n) is 4.33. The van der Waals surface area contributed by atoms with E-state index in [0.29, 0.717) is 30.5 Å². The summed E-state index contributed by atoms with van der Waals surface area (Å²) in [6, 6.07) is 0. The van der Waals surface area contributed by atoms with Gasteiger partial charge in [0.15, 0.2) is 0 Å². The fraction of sp³-hybridized carbons (Fsp3) is 1.00. The van der Waals surface area contributed by atoms with Gasteiger partial charge in [0.1, 0.15) is 0 Å². The summed E-state index contributed by atoms with van der Waals surface area (Å²) in [6.07, 6.45) is 12.8. The van der Waals surface area contributed by atoms with Crippen LogP contribution >= 0.6 is 0 Å². The van der Waals surface area contributed by atoms with E-state index in [1.165, 1.54) is 38.5 Å². The van der Waals surface area contributed by atoms with Crippen LogP contribution in [0.15, 0.2) is 0 Å². The summed E-state index contributed by atoms with van der Waals surface area (Å²) in [6.45, 7) is 3.21. The molecule has 0 aromatic carbocycles. The first kappa shape index (κ1) is 12.9. The van der Waals surface area contributed by atoms with Gasteiger partial charge in [0.2, 0.25) is 0 Å². The van der Waals surface area contributed by atoms with E-state index in [0.717, 1.165) is 19.4 Å². The quantitative estimate of drug-likeness (QED) is 0.444. The molecule has 0 spiro atoms. The third kappa shape index (κ3) is 3.94. The molecule has 104 valence electrons. The van der Waals surface area contributed by atoms with Crippen molar-refractivity contribution in [3.63, 3.8) is 0 Å². The minimum atomic E-state index is 0.476. The molecule has 0 saturated carbocycles. The van der Waals surface area contributed by atoms with Crippen molar-refractivity contribution in [2.45, 2.75) is 88.8 Å². The van der Waals surface area contributed by atoms with Gasteiger partial charge in [-0.05, 0) is 6.42 Å². The normalized spacial score (nSPS) is 40.8. The molecule has 18 heavy (non-hydrogen) atoms. The Morgan fingerprint density at radius 2 is 1.50 bits per heavy atom. The Kier molecular flexibility index (Phi) is 4.22. The van der Waals surface area contributed by atoms with Crippen LogP contribution in [0.5, 0.6) is 0 Å². The summed E-state index contributed by atoms with van der Waals surface area (Å²) in [7, 11) is 0. The van der Waals surface area contributed by atoms with Crippen molar-refractivity contribution in [1.82, 2.24) is 0 Å². The van der Waals surface area contributed by atoms with Crippen LogP contribution in [0, 0.1) is 0 Å². The van der Waals surface area contributed by atoms with Crippen molar-refractivity contribution < 1.29 is 14.2 Å². The molecule has 5 unspecified atom stereocenters. The number of epoxide rings is 3. The molecule has 3 fully saturated rings. The van der Waals surface area contributed by atoms with E-state index < -0.39 is 0 Å².